The smallest absolute Gasteiger partial charge is 0.262 e. The summed E-state index contributed by atoms with van der Waals surface area (Å²) in [5.41, 5.74) is 1.26. The van der Waals surface area contributed by atoms with E-state index in [2.05, 4.69) is 17.3 Å². The molecule has 1 N–H and O–H groups in total. The van der Waals surface area contributed by atoms with E-state index in [-0.39, 0.29) is 8.03 Å². The van der Waals surface area contributed by atoms with Crippen molar-refractivity contribution in [2.45, 2.75) is 44.4 Å². The zero-order valence-corrected chi connectivity index (χ0v) is 10.5. The summed E-state index contributed by atoms with van der Waals surface area (Å²) < 4.78 is 33.3. The van der Waals surface area contributed by atoms with Gasteiger partial charge in [0.25, 0.3) is 6.43 Å². The first-order valence-corrected chi connectivity index (χ1v) is 6.23. The maximum Gasteiger partial charge on any atom is 0.262 e. The molecule has 0 saturated carbocycles. The number of hydrogen-bond acceptors (Lipinski definition) is 3. The monoisotopic (exact) mass is 259 g/mol. The molecule has 1 fully saturated rings. The number of aromatic nitrogens is 2. The fourth-order valence-corrected chi connectivity index (χ4v) is 3.10. The van der Waals surface area contributed by atoms with Gasteiger partial charge in [0, 0.05) is 14.0 Å². The standard InChI is InChI=1S/C12H17F2N3O.H2/c1-7-4-16-17-9(11(13)14)5-18-12(10(7)17)3-8(2)15-6-12;/h4,8-9,11,15H,3,5-6H2,1-2H3;1H/t8?,9-,12-;/m0./s1. The highest BCUT2D eigenvalue weighted by atomic mass is 19.3. The molecular weight excluding hydrogens is 240 g/mol. The Hall–Kier alpha value is -1.01. The molecular formula is C12H19F2N3O. The van der Waals surface area contributed by atoms with Crippen molar-refractivity contribution in [1.29, 1.82) is 0 Å². The van der Waals surface area contributed by atoms with Crippen molar-refractivity contribution in [2.24, 2.45) is 0 Å². The lowest BCUT2D eigenvalue weighted by Crippen LogP contribution is -2.44. The summed E-state index contributed by atoms with van der Waals surface area (Å²) in [5, 5.41) is 7.46. The Balaban J connectivity index is 0.00000133. The first-order valence-electron chi connectivity index (χ1n) is 6.23. The Bertz CT molecular complexity index is 468. The van der Waals surface area contributed by atoms with Gasteiger partial charge in [0.15, 0.2) is 0 Å². The number of nitrogens with one attached hydrogen (secondary N) is 1. The fourth-order valence-electron chi connectivity index (χ4n) is 3.10. The molecule has 1 spiro atoms. The molecule has 0 aliphatic carbocycles. The Morgan fingerprint density at radius 2 is 2.44 bits per heavy atom. The number of alkyl halides is 2. The van der Waals surface area contributed by atoms with Crippen LogP contribution in [0.2, 0.25) is 0 Å². The number of ether oxygens (including phenoxy) is 1. The van der Waals surface area contributed by atoms with Crippen LogP contribution in [0.15, 0.2) is 6.20 Å². The largest absolute Gasteiger partial charge is 0.365 e. The summed E-state index contributed by atoms with van der Waals surface area (Å²) in [5.74, 6) is 0. The molecule has 0 amide bonds. The maximum atomic E-state index is 13.0. The van der Waals surface area contributed by atoms with Crippen LogP contribution in [-0.2, 0) is 10.3 Å². The van der Waals surface area contributed by atoms with Gasteiger partial charge < -0.3 is 10.1 Å². The van der Waals surface area contributed by atoms with Crippen molar-refractivity contribution in [3.05, 3.63) is 17.5 Å². The summed E-state index contributed by atoms with van der Waals surface area (Å²) in [6.07, 6.45) is 0.00628. The third-order valence-corrected chi connectivity index (χ3v) is 3.92. The number of hydrogen-bond donors (Lipinski definition) is 1. The summed E-state index contributed by atoms with van der Waals surface area (Å²) in [7, 11) is 0. The molecule has 6 heteroatoms. The average Bonchev–Trinajstić information content (AvgIpc) is 2.85. The highest BCUT2D eigenvalue weighted by Gasteiger charge is 2.48. The van der Waals surface area contributed by atoms with Crippen LogP contribution in [0.3, 0.4) is 0 Å². The molecule has 18 heavy (non-hydrogen) atoms. The zero-order chi connectivity index (χ0) is 12.9. The van der Waals surface area contributed by atoms with Gasteiger partial charge in [0.2, 0.25) is 0 Å². The lowest BCUT2D eigenvalue weighted by atomic mass is 9.91. The molecule has 0 bridgehead atoms. The van der Waals surface area contributed by atoms with Gasteiger partial charge in [-0.1, -0.05) is 0 Å². The fraction of sp³-hybridized carbons (Fsp3) is 0.750. The van der Waals surface area contributed by atoms with E-state index in [1.165, 1.54) is 4.68 Å². The van der Waals surface area contributed by atoms with E-state index in [0.29, 0.717) is 12.6 Å². The topological polar surface area (TPSA) is 39.1 Å². The molecule has 4 nitrogen and oxygen atoms in total. The van der Waals surface area contributed by atoms with Gasteiger partial charge >= 0.3 is 0 Å². The molecule has 1 saturated heterocycles. The first kappa shape index (κ1) is 12.0. The van der Waals surface area contributed by atoms with Gasteiger partial charge in [0.1, 0.15) is 11.6 Å². The molecule has 1 aromatic rings. The van der Waals surface area contributed by atoms with Crippen molar-refractivity contribution in [2.75, 3.05) is 13.2 Å². The van der Waals surface area contributed by atoms with E-state index >= 15 is 0 Å². The second-order valence-electron chi connectivity index (χ2n) is 5.31. The predicted molar refractivity (Wildman–Crippen MR) is 63.8 cm³/mol. The van der Waals surface area contributed by atoms with Gasteiger partial charge in [-0.3, -0.25) is 4.68 Å². The van der Waals surface area contributed by atoms with Crippen LogP contribution in [-0.4, -0.2) is 35.4 Å². The minimum absolute atomic E-state index is 0. The summed E-state index contributed by atoms with van der Waals surface area (Å²) >= 11 is 0. The minimum atomic E-state index is -2.45. The van der Waals surface area contributed by atoms with Crippen molar-refractivity contribution in [3.63, 3.8) is 0 Å². The lowest BCUT2D eigenvalue weighted by molar-refractivity contribution is -0.109. The van der Waals surface area contributed by atoms with Gasteiger partial charge in [-0.25, -0.2) is 8.78 Å². The van der Waals surface area contributed by atoms with Crippen LogP contribution < -0.4 is 5.32 Å². The van der Waals surface area contributed by atoms with Gasteiger partial charge in [-0.15, -0.1) is 0 Å². The number of rotatable bonds is 1. The van der Waals surface area contributed by atoms with Crippen LogP contribution in [0.4, 0.5) is 8.78 Å². The molecule has 3 heterocycles. The Morgan fingerprint density at radius 1 is 1.67 bits per heavy atom. The number of aryl methyl sites for hydroxylation is 1. The van der Waals surface area contributed by atoms with Gasteiger partial charge in [0.05, 0.1) is 18.5 Å². The molecule has 0 radical (unpaired) electrons. The van der Waals surface area contributed by atoms with Crippen LogP contribution >= 0.6 is 0 Å². The summed E-state index contributed by atoms with van der Waals surface area (Å²) in [6, 6.07) is -0.633. The second-order valence-corrected chi connectivity index (χ2v) is 5.31. The average molecular weight is 259 g/mol. The van der Waals surface area contributed by atoms with Crippen molar-refractivity contribution >= 4 is 0 Å². The van der Waals surface area contributed by atoms with Crippen molar-refractivity contribution in [1.82, 2.24) is 15.1 Å². The van der Waals surface area contributed by atoms with Crippen LogP contribution in [0.5, 0.6) is 0 Å². The molecule has 3 rings (SSSR count). The van der Waals surface area contributed by atoms with E-state index in [9.17, 15) is 8.78 Å². The lowest BCUT2D eigenvalue weighted by Gasteiger charge is -2.38. The van der Waals surface area contributed by atoms with E-state index in [4.69, 9.17) is 4.74 Å². The Labute approximate surface area is 106 Å². The van der Waals surface area contributed by atoms with Gasteiger partial charge in [-0.05, 0) is 25.8 Å². The van der Waals surface area contributed by atoms with E-state index in [1.807, 2.05) is 6.92 Å². The molecule has 0 aromatic carbocycles. The molecule has 102 valence electrons. The van der Waals surface area contributed by atoms with Crippen LogP contribution in [0.25, 0.3) is 0 Å². The normalized spacial score (nSPS) is 35.4. The SMILES string of the molecule is Cc1cnn2c1[C@]1(CNC(C)C1)OC[C@H]2C(F)F.[HH]. The van der Waals surface area contributed by atoms with Crippen molar-refractivity contribution < 1.29 is 14.9 Å². The number of halogens is 2. The third-order valence-electron chi connectivity index (χ3n) is 3.92. The Kier molecular flexibility index (Phi) is 2.67. The van der Waals surface area contributed by atoms with E-state index in [1.54, 1.807) is 6.20 Å². The molecule has 2 aliphatic heterocycles. The van der Waals surface area contributed by atoms with Gasteiger partial charge in [-0.2, -0.15) is 5.10 Å². The maximum absolute atomic E-state index is 13.0. The zero-order valence-electron chi connectivity index (χ0n) is 10.5. The minimum Gasteiger partial charge on any atom is -0.365 e. The molecule has 2 aliphatic rings. The second kappa shape index (κ2) is 3.99. The number of nitrogens with zero attached hydrogens (tertiary/aromatic N) is 2. The molecule has 3 atom stereocenters. The van der Waals surface area contributed by atoms with Crippen LogP contribution in [0.1, 0.15) is 32.1 Å². The Morgan fingerprint density at radius 3 is 3.06 bits per heavy atom. The third kappa shape index (κ3) is 1.59. The molecule has 1 aromatic heterocycles. The summed E-state index contributed by atoms with van der Waals surface area (Å²) in [4.78, 5) is 0. The highest BCUT2D eigenvalue weighted by molar-refractivity contribution is 5.28. The van der Waals surface area contributed by atoms with E-state index in [0.717, 1.165) is 17.7 Å². The van der Waals surface area contributed by atoms with Crippen molar-refractivity contribution in [3.8, 4) is 0 Å². The quantitative estimate of drug-likeness (QED) is 0.836. The number of fused-ring (bicyclic) bond motifs is 2. The van der Waals surface area contributed by atoms with Crippen LogP contribution in [0, 0.1) is 6.92 Å². The van der Waals surface area contributed by atoms with E-state index < -0.39 is 18.1 Å². The first-order chi connectivity index (χ1) is 8.53. The predicted octanol–water partition coefficient (Wildman–Crippen LogP) is 1.85. The molecule has 1 unspecified atom stereocenters. The summed E-state index contributed by atoms with van der Waals surface area (Å²) in [6.45, 7) is 4.67. The highest BCUT2D eigenvalue weighted by Crippen LogP contribution is 2.42.